The number of carbonyl (C=O) groups is 1. The zero-order chi connectivity index (χ0) is 17.3. The lowest BCUT2D eigenvalue weighted by Crippen LogP contribution is -2.47. The molecular weight excluding hydrogens is 383 g/mol. The topological polar surface area (TPSA) is 57.3 Å². The van der Waals surface area contributed by atoms with Crippen molar-refractivity contribution >= 4 is 30.7 Å². The summed E-state index contributed by atoms with van der Waals surface area (Å²) < 4.78 is 0. The first-order valence-corrected chi connectivity index (χ1v) is 9.74. The van der Waals surface area contributed by atoms with E-state index in [2.05, 4.69) is 33.5 Å². The standard InChI is InChI=1S/C20H30N4O.2ClH/c1-19(15-20(19)6-9-21-10-7-20)18(25)23-17-4-11-24(12-5-17)14-16-3-2-8-22-13-16;;/h2-3,8,13,17,21H,4-7,9-12,14-15H2,1H3,(H,23,25);2*1H. The average molecular weight is 415 g/mol. The molecule has 1 aromatic heterocycles. The molecule has 4 rings (SSSR count). The highest BCUT2D eigenvalue weighted by Gasteiger charge is 2.67. The summed E-state index contributed by atoms with van der Waals surface area (Å²) in [6.45, 7) is 7.37. The molecule has 1 amide bonds. The fourth-order valence-electron chi connectivity index (χ4n) is 4.92. The number of carbonyl (C=O) groups excluding carboxylic acids is 1. The van der Waals surface area contributed by atoms with Crippen LogP contribution >= 0.6 is 24.8 Å². The van der Waals surface area contributed by atoms with Gasteiger partial charge in [0.15, 0.2) is 0 Å². The minimum absolute atomic E-state index is 0. The van der Waals surface area contributed by atoms with E-state index in [1.165, 1.54) is 5.56 Å². The first-order chi connectivity index (χ1) is 12.1. The molecule has 1 spiro atoms. The van der Waals surface area contributed by atoms with Gasteiger partial charge in [0.25, 0.3) is 0 Å². The summed E-state index contributed by atoms with van der Waals surface area (Å²) in [6.07, 6.45) is 9.25. The molecule has 1 aliphatic carbocycles. The van der Waals surface area contributed by atoms with Crippen LogP contribution in [0.5, 0.6) is 0 Å². The highest BCUT2D eigenvalue weighted by molar-refractivity contribution is 5.87. The van der Waals surface area contributed by atoms with Gasteiger partial charge in [0.1, 0.15) is 0 Å². The van der Waals surface area contributed by atoms with Gasteiger partial charge in [-0.2, -0.15) is 0 Å². The molecule has 2 N–H and O–H groups in total. The Labute approximate surface area is 174 Å². The Morgan fingerprint density at radius 1 is 1.30 bits per heavy atom. The van der Waals surface area contributed by atoms with Crippen LogP contribution in [0, 0.1) is 10.8 Å². The van der Waals surface area contributed by atoms with E-state index in [9.17, 15) is 4.79 Å². The number of likely N-dealkylation sites (tertiary alicyclic amines) is 1. The van der Waals surface area contributed by atoms with E-state index < -0.39 is 0 Å². The fraction of sp³-hybridized carbons (Fsp3) is 0.700. The predicted molar refractivity (Wildman–Crippen MR) is 112 cm³/mol. The maximum absolute atomic E-state index is 12.9. The van der Waals surface area contributed by atoms with E-state index in [-0.39, 0.29) is 35.6 Å². The van der Waals surface area contributed by atoms with Gasteiger partial charge in [0.2, 0.25) is 5.91 Å². The number of pyridine rings is 1. The van der Waals surface area contributed by atoms with Crippen molar-refractivity contribution in [2.75, 3.05) is 26.2 Å². The fourth-order valence-corrected chi connectivity index (χ4v) is 4.92. The molecule has 152 valence electrons. The Bertz CT molecular complexity index is 616. The number of hydrogen-bond acceptors (Lipinski definition) is 4. The second-order valence-corrected chi connectivity index (χ2v) is 8.42. The molecule has 3 aliphatic rings. The van der Waals surface area contributed by atoms with Crippen molar-refractivity contribution in [1.82, 2.24) is 20.5 Å². The largest absolute Gasteiger partial charge is 0.353 e. The van der Waals surface area contributed by atoms with E-state index in [4.69, 9.17) is 0 Å². The summed E-state index contributed by atoms with van der Waals surface area (Å²) in [5.74, 6) is 0.306. The molecule has 3 heterocycles. The molecule has 1 atom stereocenters. The van der Waals surface area contributed by atoms with Crippen LogP contribution in [0.3, 0.4) is 0 Å². The minimum atomic E-state index is -0.123. The molecule has 1 aromatic rings. The number of piperidine rings is 2. The number of nitrogens with one attached hydrogen (secondary N) is 2. The third-order valence-electron chi connectivity index (χ3n) is 6.85. The Kier molecular flexibility index (Phi) is 7.54. The van der Waals surface area contributed by atoms with Gasteiger partial charge in [-0.25, -0.2) is 0 Å². The monoisotopic (exact) mass is 414 g/mol. The van der Waals surface area contributed by atoms with E-state index in [0.29, 0.717) is 11.9 Å². The van der Waals surface area contributed by atoms with Gasteiger partial charge in [0.05, 0.1) is 5.41 Å². The predicted octanol–water partition coefficient (Wildman–Crippen LogP) is 2.79. The lowest BCUT2D eigenvalue weighted by Gasteiger charge is -2.34. The van der Waals surface area contributed by atoms with Crippen molar-refractivity contribution in [3.05, 3.63) is 30.1 Å². The van der Waals surface area contributed by atoms with Crippen molar-refractivity contribution in [2.24, 2.45) is 10.8 Å². The Hall–Kier alpha value is -0.880. The van der Waals surface area contributed by atoms with Crippen molar-refractivity contribution < 1.29 is 4.79 Å². The second kappa shape index (κ2) is 9.08. The molecule has 2 aliphatic heterocycles. The third-order valence-corrected chi connectivity index (χ3v) is 6.85. The van der Waals surface area contributed by atoms with Gasteiger partial charge in [-0.05, 0) is 62.2 Å². The lowest BCUT2D eigenvalue weighted by molar-refractivity contribution is -0.128. The van der Waals surface area contributed by atoms with Crippen LogP contribution in [-0.4, -0.2) is 48.0 Å². The van der Waals surface area contributed by atoms with Crippen molar-refractivity contribution in [3.63, 3.8) is 0 Å². The molecule has 1 unspecified atom stereocenters. The first-order valence-electron chi connectivity index (χ1n) is 9.74. The van der Waals surface area contributed by atoms with Crippen molar-refractivity contribution in [3.8, 4) is 0 Å². The summed E-state index contributed by atoms with van der Waals surface area (Å²) in [6, 6.07) is 4.47. The van der Waals surface area contributed by atoms with Crippen LogP contribution in [0.2, 0.25) is 0 Å². The summed E-state index contributed by atoms with van der Waals surface area (Å²) in [7, 11) is 0. The zero-order valence-corrected chi connectivity index (χ0v) is 17.7. The molecule has 1 saturated carbocycles. The maximum Gasteiger partial charge on any atom is 0.226 e. The third kappa shape index (κ3) is 4.58. The van der Waals surface area contributed by atoms with Gasteiger partial charge in [-0.15, -0.1) is 24.8 Å². The number of aromatic nitrogens is 1. The van der Waals surface area contributed by atoms with Gasteiger partial charge >= 0.3 is 0 Å². The lowest BCUT2D eigenvalue weighted by atomic mass is 9.85. The van der Waals surface area contributed by atoms with Gasteiger partial charge in [-0.3, -0.25) is 14.7 Å². The van der Waals surface area contributed by atoms with Crippen LogP contribution in [-0.2, 0) is 11.3 Å². The van der Waals surface area contributed by atoms with Gasteiger partial charge in [0, 0.05) is 38.1 Å². The maximum atomic E-state index is 12.9. The summed E-state index contributed by atoms with van der Waals surface area (Å²) >= 11 is 0. The number of amides is 1. The highest BCUT2D eigenvalue weighted by Crippen LogP contribution is 2.68. The quantitative estimate of drug-likeness (QED) is 0.794. The van der Waals surface area contributed by atoms with Gasteiger partial charge in [-0.1, -0.05) is 13.0 Å². The van der Waals surface area contributed by atoms with E-state index in [1.54, 1.807) is 0 Å². The average Bonchev–Trinajstić information content (AvgIpc) is 3.22. The van der Waals surface area contributed by atoms with Crippen LogP contribution in [0.25, 0.3) is 0 Å². The molecule has 2 saturated heterocycles. The Balaban J connectivity index is 0.00000131. The van der Waals surface area contributed by atoms with E-state index in [0.717, 1.165) is 64.8 Å². The SMILES string of the molecule is CC1(C(=O)NC2CCN(Cc3cccnc3)CC2)CC12CCNCC2.Cl.Cl. The second-order valence-electron chi connectivity index (χ2n) is 8.42. The number of nitrogens with zero attached hydrogens (tertiary/aromatic N) is 2. The molecule has 0 bridgehead atoms. The first kappa shape index (κ1) is 22.4. The number of hydrogen-bond donors (Lipinski definition) is 2. The highest BCUT2D eigenvalue weighted by atomic mass is 35.5. The molecule has 27 heavy (non-hydrogen) atoms. The summed E-state index contributed by atoms with van der Waals surface area (Å²) in [5, 5.41) is 6.80. The van der Waals surface area contributed by atoms with Crippen LogP contribution in [0.4, 0.5) is 0 Å². The number of halogens is 2. The molecule has 0 aromatic carbocycles. The Morgan fingerprint density at radius 2 is 2.00 bits per heavy atom. The molecular formula is C20H32Cl2N4O. The summed E-state index contributed by atoms with van der Waals surface area (Å²) in [5.41, 5.74) is 1.42. The van der Waals surface area contributed by atoms with Crippen molar-refractivity contribution in [2.45, 2.75) is 51.6 Å². The minimum Gasteiger partial charge on any atom is -0.353 e. The number of rotatable bonds is 4. The smallest absolute Gasteiger partial charge is 0.226 e. The van der Waals surface area contributed by atoms with Gasteiger partial charge < -0.3 is 10.6 Å². The normalized spacial score (nSPS) is 27.3. The molecule has 0 radical (unpaired) electrons. The molecule has 3 fully saturated rings. The van der Waals surface area contributed by atoms with Crippen LogP contribution < -0.4 is 10.6 Å². The van der Waals surface area contributed by atoms with Crippen molar-refractivity contribution in [1.29, 1.82) is 0 Å². The van der Waals surface area contributed by atoms with E-state index in [1.807, 2.05) is 18.5 Å². The van der Waals surface area contributed by atoms with E-state index >= 15 is 0 Å². The summed E-state index contributed by atoms with van der Waals surface area (Å²) in [4.78, 5) is 19.5. The zero-order valence-electron chi connectivity index (χ0n) is 16.1. The van der Waals surface area contributed by atoms with Crippen LogP contribution in [0.15, 0.2) is 24.5 Å². The molecule has 5 nitrogen and oxygen atoms in total. The molecule has 7 heteroatoms. The van der Waals surface area contributed by atoms with Crippen LogP contribution in [0.1, 0.15) is 44.6 Å². The Morgan fingerprint density at radius 3 is 2.63 bits per heavy atom.